The van der Waals surface area contributed by atoms with Gasteiger partial charge in [0.05, 0.1) is 6.61 Å². The minimum absolute atomic E-state index is 0.253. The van der Waals surface area contributed by atoms with Gasteiger partial charge in [0.25, 0.3) is 0 Å². The average molecular weight is 349 g/mol. The van der Waals surface area contributed by atoms with Gasteiger partial charge in [-0.05, 0) is 29.2 Å². The topological polar surface area (TPSA) is 55.4 Å². The largest absolute Gasteiger partial charge is 0.464 e. The van der Waals surface area contributed by atoms with E-state index in [1.54, 1.807) is 6.92 Å². The van der Waals surface area contributed by atoms with Gasteiger partial charge in [-0.25, -0.2) is 4.79 Å². The van der Waals surface area contributed by atoms with Crippen LogP contribution in [0.1, 0.15) is 36.1 Å². The smallest absolute Gasteiger partial charge is 0.332 e. The van der Waals surface area contributed by atoms with E-state index >= 15 is 0 Å². The Morgan fingerprint density at radius 2 is 1.38 bits per heavy atom. The number of benzene rings is 2. The third-order valence-electron chi connectivity index (χ3n) is 4.52. The minimum atomic E-state index is -1.13. The molecule has 4 aliphatic carbocycles. The van der Waals surface area contributed by atoms with E-state index in [0.29, 0.717) is 12.8 Å². The fraction of sp³-hybridized carbons (Fsp3) is 0.273. The highest BCUT2D eigenvalue weighted by Crippen LogP contribution is 2.24. The molecule has 4 heteroatoms. The Morgan fingerprint density at radius 1 is 0.923 bits per heavy atom. The van der Waals surface area contributed by atoms with Crippen LogP contribution in [0.15, 0.2) is 48.5 Å². The average Bonchev–Trinajstić information content (AvgIpc) is 2.64. The molecule has 1 N–H and O–H groups in total. The molecule has 0 aliphatic heterocycles. The van der Waals surface area contributed by atoms with Gasteiger partial charge >= 0.3 is 5.97 Å². The molecule has 0 saturated carbocycles. The van der Waals surface area contributed by atoms with Gasteiger partial charge in [-0.15, -0.1) is 0 Å². The second-order valence-corrected chi connectivity index (χ2v) is 6.65. The second kappa shape index (κ2) is 7.56. The summed E-state index contributed by atoms with van der Waals surface area (Å²) in [6, 6.07) is 16.0. The molecule has 2 aromatic carbocycles. The summed E-state index contributed by atoms with van der Waals surface area (Å²) < 4.78 is 5.35. The molecule has 6 rings (SSSR count). The van der Waals surface area contributed by atoms with Gasteiger partial charge in [-0.1, -0.05) is 60.7 Å². The monoisotopic (exact) mass is 349 g/mol. The maximum Gasteiger partial charge on any atom is 0.332 e. The van der Waals surface area contributed by atoms with E-state index in [2.05, 4.69) is 17.5 Å². The van der Waals surface area contributed by atoms with Crippen molar-refractivity contribution in [2.45, 2.75) is 32.2 Å². The highest BCUT2D eigenvalue weighted by Gasteiger charge is 2.41. The zero-order chi connectivity index (χ0) is 18.6. The van der Waals surface area contributed by atoms with Gasteiger partial charge in [-0.3, -0.25) is 4.79 Å². The van der Waals surface area contributed by atoms with E-state index in [1.807, 2.05) is 48.5 Å². The lowest BCUT2D eigenvalue weighted by Crippen LogP contribution is -2.58. The molecule has 4 aliphatic rings. The van der Waals surface area contributed by atoms with Gasteiger partial charge in [0.2, 0.25) is 5.91 Å². The van der Waals surface area contributed by atoms with Crippen LogP contribution in [0, 0.1) is 0 Å². The molecule has 0 aromatic heterocycles. The first-order chi connectivity index (χ1) is 12.5. The molecule has 0 saturated heterocycles. The minimum Gasteiger partial charge on any atom is -0.464 e. The molecule has 0 radical (unpaired) electrons. The maximum absolute atomic E-state index is 12.9. The van der Waals surface area contributed by atoms with Crippen molar-refractivity contribution in [2.75, 3.05) is 6.61 Å². The highest BCUT2D eigenvalue weighted by atomic mass is 16.5. The van der Waals surface area contributed by atoms with Crippen LogP contribution in [0.3, 0.4) is 0 Å². The van der Waals surface area contributed by atoms with Crippen LogP contribution in [0.2, 0.25) is 0 Å². The van der Waals surface area contributed by atoms with Crippen LogP contribution in [0.4, 0.5) is 0 Å². The Kier molecular flexibility index (Phi) is 5.21. The summed E-state index contributed by atoms with van der Waals surface area (Å²) in [5.41, 5.74) is 2.97. The molecule has 0 spiro atoms. The van der Waals surface area contributed by atoms with Crippen molar-refractivity contribution in [3.8, 4) is 0 Å². The number of amides is 1. The number of hydrogen-bond donors (Lipinski definition) is 1. The van der Waals surface area contributed by atoms with Crippen molar-refractivity contribution in [3.05, 3.63) is 70.8 Å². The van der Waals surface area contributed by atoms with Crippen molar-refractivity contribution >= 4 is 24.0 Å². The summed E-state index contributed by atoms with van der Waals surface area (Å²) in [6.45, 7) is 3.47. The number of rotatable bonds is 3. The fourth-order valence-corrected chi connectivity index (χ4v) is 3.34. The molecule has 4 bridgehead atoms. The van der Waals surface area contributed by atoms with Crippen molar-refractivity contribution in [3.63, 3.8) is 0 Å². The Balaban J connectivity index is 2.13. The number of nitrogens with one attached hydrogen (secondary N) is 1. The first kappa shape index (κ1) is 17.9. The molecule has 4 nitrogen and oxygen atoms in total. The number of hydrogen-bond acceptors (Lipinski definition) is 3. The first-order valence-corrected chi connectivity index (χ1v) is 8.83. The normalized spacial score (nSPS) is 16.1. The first-order valence-electron chi connectivity index (χ1n) is 8.83. The Hall–Kier alpha value is -2.88. The summed E-state index contributed by atoms with van der Waals surface area (Å²) in [4.78, 5) is 24.8. The standard InChI is InChI=1S/C22H23NO3/c1-3-26-21(25)22(23-16(2)24)14-19-10-6-17(7-11-19)4-5-18-8-12-20(15-22)13-9-18/h4-13H,3,14-15H2,1-2H3,(H,23,24)/b5-4-. The van der Waals surface area contributed by atoms with E-state index < -0.39 is 11.5 Å². The van der Waals surface area contributed by atoms with Crippen molar-refractivity contribution in [2.24, 2.45) is 0 Å². The third-order valence-corrected chi connectivity index (χ3v) is 4.52. The molecule has 0 heterocycles. The van der Waals surface area contributed by atoms with Gasteiger partial charge in [0.15, 0.2) is 0 Å². The van der Waals surface area contributed by atoms with Crippen molar-refractivity contribution in [1.82, 2.24) is 5.32 Å². The van der Waals surface area contributed by atoms with E-state index in [-0.39, 0.29) is 12.5 Å². The van der Waals surface area contributed by atoms with E-state index in [1.165, 1.54) is 6.92 Å². The predicted octanol–water partition coefficient (Wildman–Crippen LogP) is 3.39. The molecule has 0 fully saturated rings. The summed E-state index contributed by atoms with van der Waals surface area (Å²) in [7, 11) is 0. The number of esters is 1. The van der Waals surface area contributed by atoms with Crippen molar-refractivity contribution < 1.29 is 14.3 Å². The number of carbonyl (C=O) groups is 2. The molecular formula is C22H23NO3. The van der Waals surface area contributed by atoms with Gasteiger partial charge < -0.3 is 10.1 Å². The lowest BCUT2D eigenvalue weighted by Gasteiger charge is -2.32. The van der Waals surface area contributed by atoms with E-state index in [4.69, 9.17) is 4.74 Å². The number of carbonyl (C=O) groups excluding carboxylic acids is 2. The van der Waals surface area contributed by atoms with Gasteiger partial charge in [0, 0.05) is 19.8 Å². The molecule has 134 valence electrons. The Morgan fingerprint density at radius 3 is 1.77 bits per heavy atom. The molecule has 0 atom stereocenters. The van der Waals surface area contributed by atoms with Gasteiger partial charge in [-0.2, -0.15) is 0 Å². The summed E-state index contributed by atoms with van der Waals surface area (Å²) in [5, 5.41) is 2.89. The Labute approximate surface area is 153 Å². The summed E-state index contributed by atoms with van der Waals surface area (Å²) in [6.07, 6.45) is 4.86. The molecule has 26 heavy (non-hydrogen) atoms. The second-order valence-electron chi connectivity index (χ2n) is 6.65. The highest BCUT2D eigenvalue weighted by molar-refractivity contribution is 5.88. The van der Waals surface area contributed by atoms with Crippen LogP contribution in [-0.4, -0.2) is 24.0 Å². The zero-order valence-electron chi connectivity index (χ0n) is 15.1. The van der Waals surface area contributed by atoms with E-state index in [9.17, 15) is 9.59 Å². The van der Waals surface area contributed by atoms with Crippen LogP contribution >= 0.6 is 0 Å². The molecule has 1 amide bonds. The lowest BCUT2D eigenvalue weighted by atomic mass is 9.84. The lowest BCUT2D eigenvalue weighted by molar-refractivity contribution is -0.153. The summed E-state index contributed by atoms with van der Waals surface area (Å²) in [5.74, 6) is -0.659. The molecular weight excluding hydrogens is 326 g/mol. The fourth-order valence-electron chi connectivity index (χ4n) is 3.34. The van der Waals surface area contributed by atoms with Crippen LogP contribution in [-0.2, 0) is 27.2 Å². The third kappa shape index (κ3) is 4.02. The van der Waals surface area contributed by atoms with E-state index in [0.717, 1.165) is 22.3 Å². The Bertz CT molecular complexity index is 768. The molecule has 0 unspecified atom stereocenters. The number of ether oxygens (including phenoxy) is 1. The van der Waals surface area contributed by atoms with Crippen LogP contribution in [0.5, 0.6) is 0 Å². The van der Waals surface area contributed by atoms with Crippen molar-refractivity contribution in [1.29, 1.82) is 0 Å². The van der Waals surface area contributed by atoms with Crippen LogP contribution < -0.4 is 5.32 Å². The summed E-state index contributed by atoms with van der Waals surface area (Å²) >= 11 is 0. The predicted molar refractivity (Wildman–Crippen MR) is 102 cm³/mol. The SMILES string of the molecule is CCOC(=O)C1(NC(C)=O)Cc2ccc(cc2)/C=C\c2ccc(cc2)C1. The zero-order valence-corrected chi connectivity index (χ0v) is 15.1. The quantitative estimate of drug-likeness (QED) is 0.864. The maximum atomic E-state index is 12.9. The molecule has 2 aromatic rings. The van der Waals surface area contributed by atoms with Gasteiger partial charge in [0.1, 0.15) is 5.54 Å². The van der Waals surface area contributed by atoms with Crippen LogP contribution in [0.25, 0.3) is 12.2 Å².